The highest BCUT2D eigenvalue weighted by atomic mass is 16.6. The van der Waals surface area contributed by atoms with Gasteiger partial charge in [0.05, 0.1) is 19.5 Å². The lowest BCUT2D eigenvalue weighted by atomic mass is 9.89. The molecule has 1 aliphatic carbocycles. The fourth-order valence-electron chi connectivity index (χ4n) is 5.87. The summed E-state index contributed by atoms with van der Waals surface area (Å²) in [7, 11) is 0. The SMILES string of the molecule is CC(C)(C)OC(=O)N(CC#CCNCC1CCCCC1)CC1CCN(C(=O)Cc2cccc3ccccc23)CC1. The van der Waals surface area contributed by atoms with E-state index in [0.717, 1.165) is 41.6 Å². The Labute approximate surface area is 240 Å². The molecule has 1 saturated carbocycles. The summed E-state index contributed by atoms with van der Waals surface area (Å²) >= 11 is 0. The standard InChI is InChI=1S/C34H47N3O3/c1-34(2,3)40-33(39)37(21-10-9-20-35-25-27-12-5-4-6-13-27)26-28-18-22-36(23-19-28)32(38)24-30-16-11-15-29-14-7-8-17-31(29)30/h7-8,11,14-17,27-28,35H,4-6,12-13,18-26H2,1-3H3. The number of nitrogens with zero attached hydrogens (tertiary/aromatic N) is 2. The monoisotopic (exact) mass is 545 g/mol. The van der Waals surface area contributed by atoms with Crippen molar-refractivity contribution in [2.24, 2.45) is 11.8 Å². The van der Waals surface area contributed by atoms with Crippen molar-refractivity contribution < 1.29 is 14.3 Å². The molecule has 0 aromatic heterocycles. The number of carbonyl (C=O) groups is 2. The fourth-order valence-corrected chi connectivity index (χ4v) is 5.87. The van der Waals surface area contributed by atoms with Crippen LogP contribution in [0.4, 0.5) is 4.79 Å². The Morgan fingerprint density at radius 3 is 2.42 bits per heavy atom. The summed E-state index contributed by atoms with van der Waals surface area (Å²) in [5.41, 5.74) is 0.523. The predicted molar refractivity (Wildman–Crippen MR) is 162 cm³/mol. The first-order valence-corrected chi connectivity index (χ1v) is 15.2. The molecule has 0 bridgehead atoms. The van der Waals surface area contributed by atoms with E-state index in [9.17, 15) is 9.59 Å². The van der Waals surface area contributed by atoms with E-state index < -0.39 is 5.60 Å². The average molecular weight is 546 g/mol. The quantitative estimate of drug-likeness (QED) is 0.325. The Hall–Kier alpha value is -3.04. The van der Waals surface area contributed by atoms with Crippen LogP contribution >= 0.6 is 0 Å². The molecule has 216 valence electrons. The van der Waals surface area contributed by atoms with E-state index in [4.69, 9.17) is 4.74 Å². The summed E-state index contributed by atoms with van der Waals surface area (Å²) < 4.78 is 5.70. The fraction of sp³-hybridized carbons (Fsp3) is 0.588. The minimum atomic E-state index is -0.554. The number of hydrogen-bond acceptors (Lipinski definition) is 4. The van der Waals surface area contributed by atoms with Crippen molar-refractivity contribution in [2.75, 3.05) is 39.3 Å². The van der Waals surface area contributed by atoms with Gasteiger partial charge in [0.15, 0.2) is 0 Å². The van der Waals surface area contributed by atoms with Crippen molar-refractivity contribution in [3.63, 3.8) is 0 Å². The second-order valence-electron chi connectivity index (χ2n) is 12.5. The molecule has 0 atom stereocenters. The van der Waals surface area contributed by atoms with Crippen molar-refractivity contribution in [1.82, 2.24) is 15.1 Å². The lowest BCUT2D eigenvalue weighted by Crippen LogP contribution is -2.44. The maximum atomic E-state index is 13.2. The molecular weight excluding hydrogens is 498 g/mol. The Bertz CT molecular complexity index is 1170. The van der Waals surface area contributed by atoms with Gasteiger partial charge in [-0.15, -0.1) is 0 Å². The first kappa shape index (κ1) is 29.9. The average Bonchev–Trinajstić information content (AvgIpc) is 2.94. The van der Waals surface area contributed by atoms with Gasteiger partial charge < -0.3 is 15.0 Å². The molecule has 6 nitrogen and oxygen atoms in total. The molecular formula is C34H47N3O3. The Morgan fingerprint density at radius 2 is 1.68 bits per heavy atom. The van der Waals surface area contributed by atoms with Gasteiger partial charge in [-0.05, 0) is 81.2 Å². The molecule has 6 heteroatoms. The molecule has 0 spiro atoms. The summed E-state index contributed by atoms with van der Waals surface area (Å²) in [6.07, 6.45) is 8.55. The Morgan fingerprint density at radius 1 is 0.950 bits per heavy atom. The van der Waals surface area contributed by atoms with Crippen LogP contribution in [0.1, 0.15) is 71.3 Å². The van der Waals surface area contributed by atoms with E-state index in [-0.39, 0.29) is 12.0 Å². The van der Waals surface area contributed by atoms with E-state index in [1.165, 1.54) is 32.1 Å². The number of rotatable bonds is 8. The molecule has 1 N–H and O–H groups in total. The van der Waals surface area contributed by atoms with Gasteiger partial charge in [0.2, 0.25) is 5.91 Å². The van der Waals surface area contributed by atoms with Crippen molar-refractivity contribution >= 4 is 22.8 Å². The summed E-state index contributed by atoms with van der Waals surface area (Å²) in [6.45, 7) is 9.75. The van der Waals surface area contributed by atoms with Crippen molar-refractivity contribution in [3.8, 4) is 11.8 Å². The van der Waals surface area contributed by atoms with Gasteiger partial charge in [0.1, 0.15) is 5.60 Å². The molecule has 2 aliphatic rings. The van der Waals surface area contributed by atoms with Gasteiger partial charge in [-0.25, -0.2) is 4.79 Å². The zero-order valence-corrected chi connectivity index (χ0v) is 24.7. The molecule has 2 aromatic rings. The van der Waals surface area contributed by atoms with Gasteiger partial charge in [-0.2, -0.15) is 0 Å². The van der Waals surface area contributed by atoms with Gasteiger partial charge in [-0.3, -0.25) is 9.69 Å². The molecule has 2 aromatic carbocycles. The molecule has 4 rings (SSSR count). The summed E-state index contributed by atoms with van der Waals surface area (Å²) in [5, 5.41) is 5.78. The largest absolute Gasteiger partial charge is 0.444 e. The highest BCUT2D eigenvalue weighted by Crippen LogP contribution is 2.24. The van der Waals surface area contributed by atoms with Crippen LogP contribution < -0.4 is 5.32 Å². The van der Waals surface area contributed by atoms with Crippen LogP contribution in [0.5, 0.6) is 0 Å². The molecule has 40 heavy (non-hydrogen) atoms. The number of nitrogens with one attached hydrogen (secondary N) is 1. The van der Waals surface area contributed by atoms with Gasteiger partial charge in [-0.1, -0.05) is 73.6 Å². The lowest BCUT2D eigenvalue weighted by Gasteiger charge is -2.35. The number of likely N-dealkylation sites (tertiary alicyclic amines) is 1. The third-order valence-corrected chi connectivity index (χ3v) is 8.09. The predicted octanol–water partition coefficient (Wildman–Crippen LogP) is 6.03. The smallest absolute Gasteiger partial charge is 0.411 e. The lowest BCUT2D eigenvalue weighted by molar-refractivity contribution is -0.131. The maximum absolute atomic E-state index is 13.2. The highest BCUT2D eigenvalue weighted by molar-refractivity contribution is 5.90. The summed E-state index contributed by atoms with van der Waals surface area (Å²) in [4.78, 5) is 29.9. The van der Waals surface area contributed by atoms with E-state index in [1.807, 2.05) is 43.9 Å². The van der Waals surface area contributed by atoms with Crippen LogP contribution in [0.3, 0.4) is 0 Å². The highest BCUT2D eigenvalue weighted by Gasteiger charge is 2.28. The third-order valence-electron chi connectivity index (χ3n) is 8.09. The maximum Gasteiger partial charge on any atom is 0.411 e. The van der Waals surface area contributed by atoms with Crippen LogP contribution in [-0.4, -0.2) is 66.7 Å². The zero-order valence-electron chi connectivity index (χ0n) is 24.7. The molecule has 2 amide bonds. The van der Waals surface area contributed by atoms with Crippen LogP contribution in [-0.2, 0) is 16.0 Å². The van der Waals surface area contributed by atoms with Crippen molar-refractivity contribution in [2.45, 2.75) is 77.7 Å². The van der Waals surface area contributed by atoms with Crippen LogP contribution in [0.15, 0.2) is 42.5 Å². The number of fused-ring (bicyclic) bond motifs is 1. The number of ether oxygens (including phenoxy) is 1. The van der Waals surface area contributed by atoms with Gasteiger partial charge >= 0.3 is 6.09 Å². The Kier molecular flexibility index (Phi) is 10.9. The molecule has 0 radical (unpaired) electrons. The first-order valence-electron chi connectivity index (χ1n) is 15.2. The Balaban J connectivity index is 1.26. The van der Waals surface area contributed by atoms with E-state index in [0.29, 0.717) is 45.1 Å². The van der Waals surface area contributed by atoms with Crippen molar-refractivity contribution in [3.05, 3.63) is 48.0 Å². The van der Waals surface area contributed by atoms with E-state index in [2.05, 4.69) is 41.4 Å². The second-order valence-corrected chi connectivity index (χ2v) is 12.5. The second kappa shape index (κ2) is 14.6. The minimum absolute atomic E-state index is 0.172. The van der Waals surface area contributed by atoms with E-state index >= 15 is 0 Å². The van der Waals surface area contributed by atoms with Gasteiger partial charge in [0.25, 0.3) is 0 Å². The van der Waals surface area contributed by atoms with Crippen LogP contribution in [0, 0.1) is 23.7 Å². The number of piperidine rings is 1. The molecule has 1 heterocycles. The van der Waals surface area contributed by atoms with E-state index in [1.54, 1.807) is 4.90 Å². The summed E-state index contributed by atoms with van der Waals surface area (Å²) in [5.74, 6) is 7.67. The minimum Gasteiger partial charge on any atom is -0.444 e. The van der Waals surface area contributed by atoms with Crippen LogP contribution in [0.2, 0.25) is 0 Å². The zero-order chi connectivity index (χ0) is 28.4. The topological polar surface area (TPSA) is 61.9 Å². The number of hydrogen-bond donors (Lipinski definition) is 1. The summed E-state index contributed by atoms with van der Waals surface area (Å²) in [6, 6.07) is 14.4. The molecule has 2 fully saturated rings. The van der Waals surface area contributed by atoms with Crippen molar-refractivity contribution in [1.29, 1.82) is 0 Å². The van der Waals surface area contributed by atoms with Gasteiger partial charge in [0, 0.05) is 19.6 Å². The number of carbonyl (C=O) groups excluding carboxylic acids is 2. The third kappa shape index (κ3) is 9.27. The normalized spacial score (nSPS) is 16.8. The number of benzene rings is 2. The molecule has 1 saturated heterocycles. The molecule has 0 unspecified atom stereocenters. The van der Waals surface area contributed by atoms with Crippen LogP contribution in [0.25, 0.3) is 10.8 Å². The molecule has 1 aliphatic heterocycles. The number of amides is 2. The first-order chi connectivity index (χ1) is 19.3.